The zero-order chi connectivity index (χ0) is 14.7. The molecule has 1 heterocycles. The lowest BCUT2D eigenvalue weighted by Crippen LogP contribution is -2.26. The number of hydrogen-bond donors (Lipinski definition) is 2. The van der Waals surface area contributed by atoms with Crippen LogP contribution in [0.5, 0.6) is 0 Å². The summed E-state index contributed by atoms with van der Waals surface area (Å²) in [7, 11) is 0. The molecule has 1 aromatic carbocycles. The monoisotopic (exact) mass is 286 g/mol. The Morgan fingerprint density at radius 2 is 2.00 bits per heavy atom. The summed E-state index contributed by atoms with van der Waals surface area (Å²) >= 11 is 0. The van der Waals surface area contributed by atoms with E-state index >= 15 is 0 Å². The molecule has 1 fully saturated rings. The van der Waals surface area contributed by atoms with Crippen LogP contribution >= 0.6 is 0 Å². The molecular formula is C18H26N2O. The van der Waals surface area contributed by atoms with Crippen LogP contribution in [-0.4, -0.2) is 11.9 Å². The van der Waals surface area contributed by atoms with E-state index in [1.54, 1.807) is 0 Å². The third kappa shape index (κ3) is 3.58. The van der Waals surface area contributed by atoms with Gasteiger partial charge in [0, 0.05) is 23.8 Å². The second-order valence-corrected chi connectivity index (χ2v) is 6.57. The average Bonchev–Trinajstić information content (AvgIpc) is 2.50. The van der Waals surface area contributed by atoms with Gasteiger partial charge in [0.05, 0.1) is 0 Å². The number of aryl methyl sites for hydroxylation is 1. The van der Waals surface area contributed by atoms with E-state index in [9.17, 15) is 4.79 Å². The molecule has 0 atom stereocenters. The largest absolute Gasteiger partial charge is 0.382 e. The maximum atomic E-state index is 11.4. The van der Waals surface area contributed by atoms with E-state index in [1.807, 2.05) is 6.07 Å². The maximum Gasteiger partial charge on any atom is 0.224 e. The number of hydrogen-bond acceptors (Lipinski definition) is 2. The second kappa shape index (κ2) is 6.50. The number of amides is 1. The summed E-state index contributed by atoms with van der Waals surface area (Å²) in [6.45, 7) is 2.29. The number of carbonyl (C=O) groups is 1. The molecule has 1 amide bonds. The first-order chi connectivity index (χ1) is 10.2. The molecule has 3 heteroatoms. The minimum absolute atomic E-state index is 0.137. The first kappa shape index (κ1) is 14.4. The molecule has 2 aliphatic rings. The summed E-state index contributed by atoms with van der Waals surface area (Å²) in [6.07, 6.45) is 9.50. The Kier molecular flexibility index (Phi) is 4.47. The van der Waals surface area contributed by atoms with Gasteiger partial charge in [0.1, 0.15) is 0 Å². The summed E-state index contributed by atoms with van der Waals surface area (Å²) in [5.41, 5.74) is 3.46. The lowest BCUT2D eigenvalue weighted by Gasteiger charge is -2.30. The quantitative estimate of drug-likeness (QED) is 0.864. The number of carbonyl (C=O) groups excluding carboxylic acids is 1. The van der Waals surface area contributed by atoms with Gasteiger partial charge in [-0.2, -0.15) is 0 Å². The van der Waals surface area contributed by atoms with Crippen LogP contribution in [0.15, 0.2) is 18.2 Å². The van der Waals surface area contributed by atoms with Crippen LogP contribution in [0.3, 0.4) is 0 Å². The van der Waals surface area contributed by atoms with Gasteiger partial charge >= 0.3 is 0 Å². The van der Waals surface area contributed by atoms with Crippen molar-refractivity contribution in [1.82, 2.24) is 0 Å². The molecule has 3 rings (SSSR count). The molecule has 0 saturated heterocycles. The van der Waals surface area contributed by atoms with Gasteiger partial charge in [-0.05, 0) is 61.8 Å². The maximum absolute atomic E-state index is 11.4. The standard InChI is InChI=1S/C18H26N2O/c1-2-3-13-4-7-15(8-5-13)19-16-9-10-17-14(12-16)6-11-18(21)20-17/h9-10,12-13,15,19H,2-8,11H2,1H3,(H,20,21). The van der Waals surface area contributed by atoms with Crippen LogP contribution in [0.2, 0.25) is 0 Å². The molecule has 2 N–H and O–H groups in total. The van der Waals surface area contributed by atoms with E-state index in [0.29, 0.717) is 12.5 Å². The van der Waals surface area contributed by atoms with E-state index in [-0.39, 0.29) is 5.91 Å². The van der Waals surface area contributed by atoms with Gasteiger partial charge in [-0.25, -0.2) is 0 Å². The Balaban J connectivity index is 1.58. The smallest absolute Gasteiger partial charge is 0.224 e. The Bertz CT molecular complexity index is 504. The molecule has 1 saturated carbocycles. The summed E-state index contributed by atoms with van der Waals surface area (Å²) in [5.74, 6) is 1.09. The van der Waals surface area contributed by atoms with Crippen molar-refractivity contribution in [3.8, 4) is 0 Å². The molecule has 21 heavy (non-hydrogen) atoms. The number of anilines is 2. The first-order valence-electron chi connectivity index (χ1n) is 8.44. The molecule has 114 valence electrons. The minimum Gasteiger partial charge on any atom is -0.382 e. The van der Waals surface area contributed by atoms with Crippen LogP contribution in [0, 0.1) is 5.92 Å². The van der Waals surface area contributed by atoms with Crippen molar-refractivity contribution in [1.29, 1.82) is 0 Å². The van der Waals surface area contributed by atoms with Crippen molar-refractivity contribution in [2.45, 2.75) is 64.3 Å². The zero-order valence-corrected chi connectivity index (χ0v) is 13.0. The van der Waals surface area contributed by atoms with Crippen LogP contribution in [0.25, 0.3) is 0 Å². The van der Waals surface area contributed by atoms with Gasteiger partial charge in [-0.15, -0.1) is 0 Å². The normalized spacial score (nSPS) is 25.1. The van der Waals surface area contributed by atoms with Crippen LogP contribution in [0.4, 0.5) is 11.4 Å². The molecule has 0 unspecified atom stereocenters. The van der Waals surface area contributed by atoms with Crippen LogP contribution in [-0.2, 0) is 11.2 Å². The van der Waals surface area contributed by atoms with Crippen molar-refractivity contribution in [2.24, 2.45) is 5.92 Å². The number of rotatable bonds is 4. The fourth-order valence-corrected chi connectivity index (χ4v) is 3.71. The Morgan fingerprint density at radius 1 is 1.19 bits per heavy atom. The lowest BCUT2D eigenvalue weighted by atomic mass is 9.83. The van der Waals surface area contributed by atoms with Crippen molar-refractivity contribution in [2.75, 3.05) is 10.6 Å². The second-order valence-electron chi connectivity index (χ2n) is 6.57. The van der Waals surface area contributed by atoms with Crippen molar-refractivity contribution in [3.63, 3.8) is 0 Å². The van der Waals surface area contributed by atoms with Gasteiger partial charge in [-0.3, -0.25) is 4.79 Å². The highest BCUT2D eigenvalue weighted by Crippen LogP contribution is 2.31. The van der Waals surface area contributed by atoms with Gasteiger partial charge < -0.3 is 10.6 Å². The molecule has 1 aromatic rings. The highest BCUT2D eigenvalue weighted by Gasteiger charge is 2.21. The zero-order valence-electron chi connectivity index (χ0n) is 13.0. The lowest BCUT2D eigenvalue weighted by molar-refractivity contribution is -0.116. The minimum atomic E-state index is 0.137. The Labute approximate surface area is 127 Å². The van der Waals surface area contributed by atoms with Crippen molar-refractivity contribution in [3.05, 3.63) is 23.8 Å². The van der Waals surface area contributed by atoms with E-state index < -0.39 is 0 Å². The summed E-state index contributed by atoms with van der Waals surface area (Å²) < 4.78 is 0. The highest BCUT2D eigenvalue weighted by atomic mass is 16.1. The molecule has 3 nitrogen and oxygen atoms in total. The van der Waals surface area contributed by atoms with E-state index in [2.05, 4.69) is 29.7 Å². The van der Waals surface area contributed by atoms with Crippen LogP contribution < -0.4 is 10.6 Å². The molecular weight excluding hydrogens is 260 g/mol. The summed E-state index contributed by atoms with van der Waals surface area (Å²) in [6, 6.07) is 6.97. The van der Waals surface area contributed by atoms with E-state index in [0.717, 1.165) is 18.0 Å². The molecule has 1 aliphatic carbocycles. The average molecular weight is 286 g/mol. The topological polar surface area (TPSA) is 41.1 Å². The first-order valence-corrected chi connectivity index (χ1v) is 8.44. The molecule has 0 bridgehead atoms. The third-order valence-electron chi connectivity index (χ3n) is 4.92. The number of benzene rings is 1. The predicted octanol–water partition coefficient (Wildman–Crippen LogP) is 4.34. The van der Waals surface area contributed by atoms with E-state index in [1.165, 1.54) is 49.8 Å². The fraction of sp³-hybridized carbons (Fsp3) is 0.611. The van der Waals surface area contributed by atoms with Crippen LogP contribution in [0.1, 0.15) is 57.4 Å². The van der Waals surface area contributed by atoms with E-state index in [4.69, 9.17) is 0 Å². The summed E-state index contributed by atoms with van der Waals surface area (Å²) in [5, 5.41) is 6.64. The third-order valence-corrected chi connectivity index (χ3v) is 4.92. The van der Waals surface area contributed by atoms with Gasteiger partial charge in [-0.1, -0.05) is 19.8 Å². The van der Waals surface area contributed by atoms with Gasteiger partial charge in [0.2, 0.25) is 5.91 Å². The highest BCUT2D eigenvalue weighted by molar-refractivity contribution is 5.94. The predicted molar refractivity (Wildman–Crippen MR) is 87.7 cm³/mol. The van der Waals surface area contributed by atoms with Gasteiger partial charge in [0.15, 0.2) is 0 Å². The summed E-state index contributed by atoms with van der Waals surface area (Å²) in [4.78, 5) is 11.4. The molecule has 1 aliphatic heterocycles. The van der Waals surface area contributed by atoms with Crippen molar-refractivity contribution < 1.29 is 4.79 Å². The number of nitrogens with one attached hydrogen (secondary N) is 2. The van der Waals surface area contributed by atoms with Crippen molar-refractivity contribution >= 4 is 17.3 Å². The molecule has 0 aromatic heterocycles. The van der Waals surface area contributed by atoms with Gasteiger partial charge in [0.25, 0.3) is 0 Å². The number of fused-ring (bicyclic) bond motifs is 1. The molecule has 0 spiro atoms. The Hall–Kier alpha value is -1.51. The SMILES string of the molecule is CCCC1CCC(Nc2ccc3c(c2)CCC(=O)N3)CC1. The fourth-order valence-electron chi connectivity index (χ4n) is 3.71. The molecule has 0 radical (unpaired) electrons. The Morgan fingerprint density at radius 3 is 2.76 bits per heavy atom.